The number of aliphatic carboxylic acids is 2. The Morgan fingerprint density at radius 2 is 1.06 bits per heavy atom. The van der Waals surface area contributed by atoms with Crippen LogP contribution < -0.4 is 29.9 Å². The molecule has 0 spiro atoms. The Morgan fingerprint density at radius 3 is 1.42 bits per heavy atom. The molecule has 16 nitrogen and oxygen atoms in total. The lowest BCUT2D eigenvalue weighted by Crippen LogP contribution is -2.40. The van der Waals surface area contributed by atoms with Crippen molar-refractivity contribution in [1.29, 1.82) is 0 Å². The van der Waals surface area contributed by atoms with Crippen molar-refractivity contribution < 1.29 is 46.2 Å². The Hall–Kier alpha value is -4.48. The minimum Gasteiger partial charge on any atom is -0.481 e. The van der Waals surface area contributed by atoms with E-state index in [1.807, 2.05) is 12.1 Å². The van der Waals surface area contributed by atoms with Gasteiger partial charge in [-0.05, 0) is 135 Å². The first kappa shape index (κ1) is 50.9. The molecule has 66 heavy (non-hydrogen) atoms. The molecule has 6 N–H and O–H groups in total. The number of anilines is 2. The lowest BCUT2D eigenvalue weighted by atomic mass is 10.0. The molecule has 0 aliphatic carbocycles. The van der Waals surface area contributed by atoms with Gasteiger partial charge in [0.1, 0.15) is 12.1 Å². The summed E-state index contributed by atoms with van der Waals surface area (Å²) in [6, 6.07) is 17.5. The molecule has 4 aromatic rings. The Labute approximate surface area is 401 Å². The van der Waals surface area contributed by atoms with Crippen LogP contribution in [-0.2, 0) is 65.2 Å². The van der Waals surface area contributed by atoms with Gasteiger partial charge in [-0.1, -0.05) is 35.3 Å². The van der Waals surface area contributed by atoms with Gasteiger partial charge in [0.05, 0.1) is 21.5 Å². The molecule has 0 unspecified atom stereocenters. The maximum Gasteiger partial charge on any atom is 0.303 e. The predicted octanol–water partition coefficient (Wildman–Crippen LogP) is 6.20. The number of amides is 2. The van der Waals surface area contributed by atoms with Crippen LogP contribution in [0.2, 0.25) is 8.67 Å². The molecule has 4 aliphatic rings. The number of fused-ring (bicyclic) bond motifs is 2. The molecule has 2 amide bonds. The number of carbonyl (C=O) groups is 4. The fourth-order valence-electron chi connectivity index (χ4n) is 7.55. The number of thiophene rings is 2. The van der Waals surface area contributed by atoms with Crippen molar-refractivity contribution in [1.82, 2.24) is 20.1 Å². The van der Waals surface area contributed by atoms with Gasteiger partial charge < -0.3 is 30.6 Å². The third-order valence-electron chi connectivity index (χ3n) is 10.8. The number of carbonyl (C=O) groups excluding carboxylic acids is 2. The number of aryl methyl sites for hydroxylation is 2. The van der Waals surface area contributed by atoms with E-state index in [2.05, 4.69) is 44.3 Å². The minimum absolute atomic E-state index is 0.215. The number of hydrogen-bond donors (Lipinski definition) is 6. The van der Waals surface area contributed by atoms with E-state index in [1.165, 1.54) is 57.1 Å². The molecule has 0 saturated carbocycles. The molecular weight excluding hydrogens is 972 g/mol. The number of benzene rings is 2. The first-order valence-electron chi connectivity index (χ1n) is 21.1. The number of carboxylic acid groups (broad SMARTS) is 2. The van der Waals surface area contributed by atoms with Crippen LogP contribution in [0.1, 0.15) is 70.5 Å². The third-order valence-corrected chi connectivity index (χ3v) is 15.4. The lowest BCUT2D eigenvalue weighted by Gasteiger charge is -2.19. The summed E-state index contributed by atoms with van der Waals surface area (Å²) in [6.45, 7) is 4.64. The first-order chi connectivity index (χ1) is 31.4. The van der Waals surface area contributed by atoms with Gasteiger partial charge in [-0.2, -0.15) is 9.44 Å². The van der Waals surface area contributed by atoms with E-state index in [0.29, 0.717) is 34.6 Å². The van der Waals surface area contributed by atoms with E-state index in [4.69, 9.17) is 33.4 Å². The number of halogens is 2. The zero-order valence-electron chi connectivity index (χ0n) is 35.6. The molecular formula is C44H50Cl2N6O10S4. The zero-order valence-corrected chi connectivity index (χ0v) is 40.4. The van der Waals surface area contributed by atoms with Crippen LogP contribution in [0.15, 0.2) is 71.5 Å². The van der Waals surface area contributed by atoms with Gasteiger partial charge >= 0.3 is 11.9 Å². The van der Waals surface area contributed by atoms with Crippen molar-refractivity contribution in [2.24, 2.45) is 0 Å². The Morgan fingerprint density at radius 1 is 0.652 bits per heavy atom. The van der Waals surface area contributed by atoms with E-state index in [9.17, 15) is 36.0 Å². The Kier molecular flexibility index (Phi) is 18.1. The maximum absolute atomic E-state index is 12.8. The fourth-order valence-corrected chi connectivity index (χ4v) is 11.7. The third kappa shape index (κ3) is 15.0. The predicted molar refractivity (Wildman–Crippen MR) is 260 cm³/mol. The highest BCUT2D eigenvalue weighted by Gasteiger charge is 2.36. The van der Waals surface area contributed by atoms with Gasteiger partial charge in [0.15, 0.2) is 0 Å². The van der Waals surface area contributed by atoms with Gasteiger partial charge in [0.25, 0.3) is 0 Å². The Bertz CT molecular complexity index is 2510. The van der Waals surface area contributed by atoms with Gasteiger partial charge in [-0.3, -0.25) is 19.2 Å². The largest absolute Gasteiger partial charge is 0.481 e. The van der Waals surface area contributed by atoms with Crippen molar-refractivity contribution >= 4 is 113 Å². The number of rotatable bonds is 13. The van der Waals surface area contributed by atoms with Crippen molar-refractivity contribution in [3.05, 3.63) is 112 Å². The Balaban J connectivity index is 0.000000188. The molecule has 2 saturated heterocycles. The van der Waals surface area contributed by atoms with Crippen molar-refractivity contribution in [2.45, 2.75) is 76.5 Å². The standard InChI is InChI=1S/2C20H22ClN3O3S2.C4H6O4/c2*21-19-6-5-17(28-19)8-11-29(26,27)23-18-7-10-24(20(18)25)16-4-3-15-13-22-9-1-2-14(15)12-16;5-3(6)1-2-4(7)8/h2*3-6,8,11-12,18,22-23H,1-2,7,9-10,13H2;1-2H2,(H,5,6)(H,7,8)/b2*11-8+;/t2*18-;/m00./s1. The number of hydrogen-bond acceptors (Lipinski definition) is 12. The van der Waals surface area contributed by atoms with Crippen LogP contribution in [0.25, 0.3) is 12.2 Å². The topological polar surface area (TPSA) is 232 Å². The van der Waals surface area contributed by atoms with Gasteiger partial charge in [0.2, 0.25) is 31.9 Å². The second-order valence-corrected chi connectivity index (χ2v) is 22.3. The smallest absolute Gasteiger partial charge is 0.303 e. The second-order valence-electron chi connectivity index (χ2n) is 15.6. The minimum atomic E-state index is -3.73. The number of nitrogens with zero attached hydrogens (tertiary/aromatic N) is 2. The van der Waals surface area contributed by atoms with Crippen LogP contribution in [0.4, 0.5) is 11.4 Å². The van der Waals surface area contributed by atoms with Crippen LogP contribution in [0.5, 0.6) is 0 Å². The van der Waals surface area contributed by atoms with E-state index >= 15 is 0 Å². The van der Waals surface area contributed by atoms with Crippen LogP contribution >= 0.6 is 45.9 Å². The highest BCUT2D eigenvalue weighted by Crippen LogP contribution is 2.29. The highest BCUT2D eigenvalue weighted by atomic mass is 35.5. The average Bonchev–Trinajstić information content (AvgIpc) is 3.98. The molecule has 0 radical (unpaired) electrons. The van der Waals surface area contributed by atoms with Crippen LogP contribution in [0.3, 0.4) is 0 Å². The van der Waals surface area contributed by atoms with Gasteiger partial charge in [0, 0.05) is 58.1 Å². The van der Waals surface area contributed by atoms with Crippen molar-refractivity contribution in [2.75, 3.05) is 36.0 Å². The lowest BCUT2D eigenvalue weighted by molar-refractivity contribution is -0.143. The monoisotopic (exact) mass is 1020 g/mol. The zero-order chi connectivity index (χ0) is 47.4. The molecule has 2 atom stereocenters. The fraction of sp³-hybridized carbons (Fsp3) is 0.364. The summed E-state index contributed by atoms with van der Waals surface area (Å²) in [6.07, 6.45) is 7.34. The summed E-state index contributed by atoms with van der Waals surface area (Å²) in [7, 11) is -7.47. The molecule has 4 aliphatic heterocycles. The molecule has 6 heterocycles. The molecule has 2 aromatic heterocycles. The summed E-state index contributed by atoms with van der Waals surface area (Å²) in [5.74, 6) is -2.58. The van der Waals surface area contributed by atoms with E-state index < -0.39 is 44.1 Å². The van der Waals surface area contributed by atoms with E-state index in [0.717, 1.165) is 83.8 Å². The molecule has 8 rings (SSSR count). The normalized spacial score (nSPS) is 18.8. The first-order valence-corrected chi connectivity index (χ1v) is 26.6. The summed E-state index contributed by atoms with van der Waals surface area (Å²) >= 11 is 14.3. The van der Waals surface area contributed by atoms with E-state index in [-0.39, 0.29) is 24.7 Å². The highest BCUT2D eigenvalue weighted by molar-refractivity contribution is 7.92. The van der Waals surface area contributed by atoms with Gasteiger partial charge in [-0.25, -0.2) is 16.8 Å². The summed E-state index contributed by atoms with van der Waals surface area (Å²) in [5.41, 5.74) is 6.69. The molecule has 2 aromatic carbocycles. The average molecular weight is 1020 g/mol. The second kappa shape index (κ2) is 23.5. The molecule has 354 valence electrons. The van der Waals surface area contributed by atoms with Crippen molar-refractivity contribution in [3.63, 3.8) is 0 Å². The number of carboxylic acids is 2. The summed E-state index contributed by atoms with van der Waals surface area (Å²) < 4.78 is 55.7. The van der Waals surface area contributed by atoms with E-state index in [1.54, 1.807) is 34.1 Å². The number of sulfonamides is 2. The maximum atomic E-state index is 12.8. The SMILES string of the molecule is O=C(O)CCC(=O)O.O=C1[C@@H](NS(=O)(=O)/C=C/c2ccc(Cl)s2)CCN1c1ccc2c(c1)CCCNC2.O=C1[C@@H](NS(=O)(=O)/C=C/c2ccc(Cl)s2)CCN1c1ccc2c(c1)CCCNC2. The van der Waals surface area contributed by atoms with Crippen molar-refractivity contribution in [3.8, 4) is 0 Å². The molecule has 22 heteroatoms. The quantitative estimate of drug-likeness (QED) is 0.0879. The number of nitrogens with one attached hydrogen (secondary N) is 4. The van der Waals surface area contributed by atoms with Crippen LogP contribution in [0, 0.1) is 0 Å². The van der Waals surface area contributed by atoms with Gasteiger partial charge in [-0.15, -0.1) is 22.7 Å². The molecule has 0 bridgehead atoms. The summed E-state index contributed by atoms with van der Waals surface area (Å²) in [4.78, 5) is 49.8. The summed E-state index contributed by atoms with van der Waals surface area (Å²) in [5, 5.41) is 24.7. The van der Waals surface area contributed by atoms with Crippen LogP contribution in [-0.4, -0.2) is 89.1 Å². The molecule has 2 fully saturated rings.